The summed E-state index contributed by atoms with van der Waals surface area (Å²) in [5.74, 6) is 0. The third-order valence-electron chi connectivity index (χ3n) is 3.52. The van der Waals surface area contributed by atoms with E-state index in [1.165, 1.54) is 18.4 Å². The molecule has 1 aliphatic carbocycles. The molecular weight excluding hydrogens is 200 g/mol. The van der Waals surface area contributed by atoms with E-state index in [9.17, 15) is 0 Å². The van der Waals surface area contributed by atoms with Gasteiger partial charge in [0.15, 0.2) is 5.58 Å². The molecule has 0 amide bonds. The highest BCUT2D eigenvalue weighted by atomic mass is 16.5. The lowest BCUT2D eigenvalue weighted by Gasteiger charge is -2.07. The van der Waals surface area contributed by atoms with Gasteiger partial charge in [-0.3, -0.25) is 0 Å². The molecule has 3 nitrogen and oxygen atoms in total. The van der Waals surface area contributed by atoms with Gasteiger partial charge in [0, 0.05) is 10.9 Å². The van der Waals surface area contributed by atoms with E-state index in [-0.39, 0.29) is 5.54 Å². The van der Waals surface area contributed by atoms with Crippen LogP contribution in [0.4, 0.5) is 0 Å². The fourth-order valence-electron chi connectivity index (χ4n) is 2.07. The second-order valence-electron chi connectivity index (χ2n) is 4.96. The van der Waals surface area contributed by atoms with Gasteiger partial charge in [0.05, 0.1) is 5.69 Å². The molecule has 0 aliphatic heterocycles. The van der Waals surface area contributed by atoms with Gasteiger partial charge in [0.25, 0.3) is 0 Å². The summed E-state index contributed by atoms with van der Waals surface area (Å²) in [5, 5.41) is 5.07. The lowest BCUT2D eigenvalue weighted by atomic mass is 10.0. The molecule has 1 aliphatic rings. The third kappa shape index (κ3) is 1.71. The van der Waals surface area contributed by atoms with Gasteiger partial charge in [0.2, 0.25) is 0 Å². The van der Waals surface area contributed by atoms with Crippen LogP contribution in [0.25, 0.3) is 11.0 Å². The quantitative estimate of drug-likeness (QED) is 0.857. The summed E-state index contributed by atoms with van der Waals surface area (Å²) in [4.78, 5) is 0. The summed E-state index contributed by atoms with van der Waals surface area (Å²) in [6.45, 7) is 1.96. The molecule has 0 saturated heterocycles. The molecule has 2 aromatic rings. The van der Waals surface area contributed by atoms with E-state index in [0.29, 0.717) is 0 Å². The van der Waals surface area contributed by atoms with Crippen molar-refractivity contribution in [2.45, 2.75) is 38.1 Å². The van der Waals surface area contributed by atoms with Crippen molar-refractivity contribution in [1.82, 2.24) is 5.16 Å². The number of benzene rings is 1. The Bertz CT molecular complexity index is 526. The predicted octanol–water partition coefficient (Wildman–Crippen LogP) is 2.56. The average molecular weight is 216 g/mol. The van der Waals surface area contributed by atoms with E-state index in [1.54, 1.807) is 0 Å². The molecule has 1 heterocycles. The summed E-state index contributed by atoms with van der Waals surface area (Å²) in [6.07, 6.45) is 4.46. The maximum Gasteiger partial charge on any atom is 0.167 e. The molecule has 0 bridgehead atoms. The molecule has 84 valence electrons. The fourth-order valence-corrected chi connectivity index (χ4v) is 2.07. The lowest BCUT2D eigenvalue weighted by molar-refractivity contribution is 0.450. The van der Waals surface area contributed by atoms with Crippen molar-refractivity contribution >= 4 is 11.0 Å². The van der Waals surface area contributed by atoms with E-state index in [1.807, 2.05) is 6.92 Å². The second kappa shape index (κ2) is 3.32. The van der Waals surface area contributed by atoms with Crippen LogP contribution in [-0.4, -0.2) is 10.7 Å². The van der Waals surface area contributed by atoms with Gasteiger partial charge in [-0.1, -0.05) is 11.2 Å². The Balaban J connectivity index is 1.82. The van der Waals surface area contributed by atoms with Crippen LogP contribution in [0.2, 0.25) is 0 Å². The first-order valence-corrected chi connectivity index (χ1v) is 5.80. The van der Waals surface area contributed by atoms with Crippen molar-refractivity contribution in [3.63, 3.8) is 0 Å². The smallest absolute Gasteiger partial charge is 0.167 e. The highest BCUT2D eigenvalue weighted by Crippen LogP contribution is 2.36. The summed E-state index contributed by atoms with van der Waals surface area (Å²) in [7, 11) is 0. The van der Waals surface area contributed by atoms with Crippen molar-refractivity contribution in [1.29, 1.82) is 0 Å². The number of nitrogens with zero attached hydrogens (tertiary/aromatic N) is 1. The summed E-state index contributed by atoms with van der Waals surface area (Å²) in [6, 6.07) is 6.33. The summed E-state index contributed by atoms with van der Waals surface area (Å²) >= 11 is 0. The Morgan fingerprint density at radius 2 is 2.25 bits per heavy atom. The van der Waals surface area contributed by atoms with Crippen molar-refractivity contribution < 1.29 is 4.52 Å². The van der Waals surface area contributed by atoms with Crippen LogP contribution < -0.4 is 5.73 Å². The molecule has 1 saturated carbocycles. The van der Waals surface area contributed by atoms with Gasteiger partial charge in [-0.2, -0.15) is 0 Å². The standard InChI is InChI=1S/C13H16N2O/c1-9-11-3-2-10(8-12(11)16-15-9)4-5-13(14)6-7-13/h2-3,8H,4-7,14H2,1H3. The SMILES string of the molecule is Cc1noc2cc(CCC3(N)CC3)ccc12. The third-order valence-corrected chi connectivity index (χ3v) is 3.52. The minimum Gasteiger partial charge on any atom is -0.356 e. The molecule has 1 aromatic carbocycles. The Morgan fingerprint density at radius 3 is 3.00 bits per heavy atom. The Morgan fingerprint density at radius 1 is 1.44 bits per heavy atom. The van der Waals surface area contributed by atoms with Gasteiger partial charge in [-0.15, -0.1) is 0 Å². The van der Waals surface area contributed by atoms with Crippen LogP contribution in [0.3, 0.4) is 0 Å². The van der Waals surface area contributed by atoms with Crippen LogP contribution >= 0.6 is 0 Å². The molecule has 3 rings (SSSR count). The molecule has 0 atom stereocenters. The largest absolute Gasteiger partial charge is 0.356 e. The first-order valence-electron chi connectivity index (χ1n) is 5.80. The van der Waals surface area contributed by atoms with Gasteiger partial charge in [-0.25, -0.2) is 0 Å². The van der Waals surface area contributed by atoms with Gasteiger partial charge < -0.3 is 10.3 Å². The Labute approximate surface area is 94.6 Å². The number of fused-ring (bicyclic) bond motifs is 1. The van der Waals surface area contributed by atoms with Crippen LogP contribution in [0.1, 0.15) is 30.5 Å². The maximum atomic E-state index is 6.08. The first kappa shape index (κ1) is 9.85. The normalized spacial score (nSPS) is 17.9. The Kier molecular flexibility index (Phi) is 2.04. The molecular formula is C13H16N2O. The van der Waals surface area contributed by atoms with E-state index in [2.05, 4.69) is 23.4 Å². The van der Waals surface area contributed by atoms with Crippen molar-refractivity contribution in [3.05, 3.63) is 29.5 Å². The molecule has 1 aromatic heterocycles. The van der Waals surface area contributed by atoms with Gasteiger partial charge in [0.1, 0.15) is 0 Å². The monoisotopic (exact) mass is 216 g/mol. The van der Waals surface area contributed by atoms with Crippen LogP contribution in [0.15, 0.2) is 22.7 Å². The van der Waals surface area contributed by atoms with Gasteiger partial charge in [-0.05, 0) is 50.3 Å². The number of rotatable bonds is 3. The van der Waals surface area contributed by atoms with Crippen LogP contribution in [-0.2, 0) is 6.42 Å². The van der Waals surface area contributed by atoms with E-state index < -0.39 is 0 Å². The van der Waals surface area contributed by atoms with E-state index in [0.717, 1.165) is 29.5 Å². The zero-order chi connectivity index (χ0) is 11.2. The van der Waals surface area contributed by atoms with Crippen molar-refractivity contribution in [2.24, 2.45) is 5.73 Å². The summed E-state index contributed by atoms with van der Waals surface area (Å²) in [5.41, 5.74) is 9.34. The number of aromatic nitrogens is 1. The van der Waals surface area contributed by atoms with E-state index >= 15 is 0 Å². The topological polar surface area (TPSA) is 52.0 Å². The molecule has 16 heavy (non-hydrogen) atoms. The van der Waals surface area contributed by atoms with Crippen molar-refractivity contribution in [3.8, 4) is 0 Å². The molecule has 3 heteroatoms. The highest BCUT2D eigenvalue weighted by molar-refractivity contribution is 5.79. The van der Waals surface area contributed by atoms with Crippen LogP contribution in [0, 0.1) is 6.92 Å². The number of aryl methyl sites for hydroxylation is 2. The average Bonchev–Trinajstić information content (AvgIpc) is 2.91. The number of nitrogens with two attached hydrogens (primary N) is 1. The predicted molar refractivity (Wildman–Crippen MR) is 63.2 cm³/mol. The number of hydrogen-bond acceptors (Lipinski definition) is 3. The minimum atomic E-state index is 0.131. The number of hydrogen-bond donors (Lipinski definition) is 1. The van der Waals surface area contributed by atoms with E-state index in [4.69, 9.17) is 10.3 Å². The molecule has 0 spiro atoms. The second-order valence-corrected chi connectivity index (χ2v) is 4.96. The van der Waals surface area contributed by atoms with Crippen molar-refractivity contribution in [2.75, 3.05) is 0 Å². The van der Waals surface area contributed by atoms with Gasteiger partial charge >= 0.3 is 0 Å². The minimum absolute atomic E-state index is 0.131. The summed E-state index contributed by atoms with van der Waals surface area (Å²) < 4.78 is 5.26. The molecule has 2 N–H and O–H groups in total. The molecule has 0 unspecified atom stereocenters. The highest BCUT2D eigenvalue weighted by Gasteiger charge is 2.37. The lowest BCUT2D eigenvalue weighted by Crippen LogP contribution is -2.22. The zero-order valence-corrected chi connectivity index (χ0v) is 9.49. The molecule has 1 fully saturated rings. The fraction of sp³-hybridized carbons (Fsp3) is 0.462. The zero-order valence-electron chi connectivity index (χ0n) is 9.49. The maximum absolute atomic E-state index is 6.08. The Hall–Kier alpha value is -1.35. The molecule has 0 radical (unpaired) electrons. The first-order chi connectivity index (χ1) is 7.66. The van der Waals surface area contributed by atoms with Crippen LogP contribution in [0.5, 0.6) is 0 Å².